The Balaban J connectivity index is 1.79. The Morgan fingerprint density at radius 1 is 1.07 bits per heavy atom. The van der Waals surface area contributed by atoms with Crippen LogP contribution in [0.4, 0.5) is 4.39 Å². The molecule has 4 rings (SSSR count). The third-order valence-corrected chi connectivity index (χ3v) is 6.75. The Bertz CT molecular complexity index is 1220. The van der Waals surface area contributed by atoms with Gasteiger partial charge in [-0.2, -0.15) is 0 Å². The molecule has 0 aliphatic rings. The second-order valence-corrected chi connectivity index (χ2v) is 8.86. The summed E-state index contributed by atoms with van der Waals surface area (Å²) >= 11 is 5.95. The Morgan fingerprint density at radius 3 is 2.55 bits per heavy atom. The van der Waals surface area contributed by atoms with Crippen molar-refractivity contribution in [2.75, 3.05) is 0 Å². The highest BCUT2D eigenvalue weighted by Crippen LogP contribution is 2.30. The summed E-state index contributed by atoms with van der Waals surface area (Å²) in [6.07, 6.45) is 1.70. The molecule has 1 unspecified atom stereocenters. The van der Waals surface area contributed by atoms with Crippen molar-refractivity contribution in [3.8, 4) is 0 Å². The first-order chi connectivity index (χ1) is 13.9. The maximum absolute atomic E-state index is 13.7. The molecule has 2 aromatic heterocycles. The second-order valence-electron chi connectivity index (χ2n) is 7.06. The average Bonchev–Trinajstić information content (AvgIpc) is 2.95. The lowest BCUT2D eigenvalue weighted by molar-refractivity contribution is 0.623. The van der Waals surface area contributed by atoms with Gasteiger partial charge in [0.1, 0.15) is 5.82 Å². The highest BCUT2D eigenvalue weighted by atomic mass is 35.5. The zero-order chi connectivity index (χ0) is 20.5. The lowest BCUT2D eigenvalue weighted by Gasteiger charge is -2.11. The number of fused-ring (bicyclic) bond motifs is 1. The monoisotopic (exact) mass is 426 g/mol. The van der Waals surface area contributed by atoms with E-state index in [-0.39, 0.29) is 5.82 Å². The van der Waals surface area contributed by atoms with Crippen LogP contribution in [0.5, 0.6) is 0 Å². The zero-order valence-corrected chi connectivity index (χ0v) is 17.7. The molecule has 0 fully saturated rings. The number of aromatic nitrogens is 2. The van der Waals surface area contributed by atoms with Crippen LogP contribution in [-0.4, -0.2) is 13.8 Å². The number of hydrogen-bond donors (Lipinski definition) is 0. The van der Waals surface area contributed by atoms with Crippen molar-refractivity contribution in [3.63, 3.8) is 0 Å². The number of rotatable bonds is 5. The Hall–Kier alpha value is -2.50. The fourth-order valence-electron chi connectivity index (χ4n) is 3.55. The van der Waals surface area contributed by atoms with Gasteiger partial charge in [-0.3, -0.25) is 4.21 Å². The van der Waals surface area contributed by atoms with Gasteiger partial charge in [-0.05, 0) is 60.9 Å². The molecule has 2 heterocycles. The Labute approximate surface area is 176 Å². The third kappa shape index (κ3) is 3.98. The lowest BCUT2D eigenvalue weighted by atomic mass is 10.2. The molecule has 0 aliphatic heterocycles. The smallest absolute Gasteiger partial charge is 0.151 e. The van der Waals surface area contributed by atoms with Crippen LogP contribution >= 0.6 is 11.6 Å². The predicted molar refractivity (Wildman–Crippen MR) is 116 cm³/mol. The van der Waals surface area contributed by atoms with Crippen molar-refractivity contribution in [2.24, 2.45) is 0 Å². The van der Waals surface area contributed by atoms with Crippen LogP contribution in [0.3, 0.4) is 0 Å². The maximum Gasteiger partial charge on any atom is 0.151 e. The van der Waals surface area contributed by atoms with Crippen molar-refractivity contribution in [3.05, 3.63) is 94.0 Å². The van der Waals surface area contributed by atoms with Crippen molar-refractivity contribution in [2.45, 2.75) is 31.2 Å². The molecule has 148 valence electrons. The average molecular weight is 427 g/mol. The van der Waals surface area contributed by atoms with Gasteiger partial charge in [-0.15, -0.1) is 0 Å². The molecule has 4 aromatic rings. The summed E-state index contributed by atoms with van der Waals surface area (Å²) in [5, 5.41) is 2.22. The molecule has 0 amide bonds. The van der Waals surface area contributed by atoms with Gasteiger partial charge in [0.25, 0.3) is 0 Å². The van der Waals surface area contributed by atoms with E-state index in [9.17, 15) is 8.60 Å². The minimum absolute atomic E-state index is 0.266. The van der Waals surface area contributed by atoms with E-state index in [0.29, 0.717) is 22.3 Å². The van der Waals surface area contributed by atoms with Crippen LogP contribution in [0.25, 0.3) is 10.9 Å². The lowest BCUT2D eigenvalue weighted by Crippen LogP contribution is -2.07. The summed E-state index contributed by atoms with van der Waals surface area (Å²) in [4.78, 5) is 4.47. The van der Waals surface area contributed by atoms with E-state index in [0.717, 1.165) is 33.3 Å². The highest BCUT2D eigenvalue weighted by Gasteiger charge is 2.19. The van der Waals surface area contributed by atoms with Gasteiger partial charge in [0.2, 0.25) is 0 Å². The van der Waals surface area contributed by atoms with E-state index in [2.05, 4.69) is 9.55 Å². The second kappa shape index (κ2) is 8.09. The molecular weight excluding hydrogens is 407 g/mol. The van der Waals surface area contributed by atoms with Crippen LogP contribution < -0.4 is 0 Å². The van der Waals surface area contributed by atoms with Crippen LogP contribution in [-0.2, 0) is 23.1 Å². The number of nitrogens with zero attached hydrogens (tertiary/aromatic N) is 2. The summed E-state index contributed by atoms with van der Waals surface area (Å²) in [5.74, 6) is 0.0880. The zero-order valence-electron chi connectivity index (χ0n) is 16.2. The van der Waals surface area contributed by atoms with Crippen molar-refractivity contribution >= 4 is 33.3 Å². The number of halogens is 2. The minimum atomic E-state index is -1.33. The fraction of sp³-hybridized carbons (Fsp3) is 0.174. The Morgan fingerprint density at radius 2 is 1.83 bits per heavy atom. The van der Waals surface area contributed by atoms with Crippen LogP contribution in [0.1, 0.15) is 22.4 Å². The summed E-state index contributed by atoms with van der Waals surface area (Å²) in [7, 11) is -1.33. The predicted octanol–water partition coefficient (Wildman–Crippen LogP) is 5.80. The fourth-order valence-corrected chi connectivity index (χ4v) is 4.92. The summed E-state index contributed by atoms with van der Waals surface area (Å²) in [6, 6.07) is 15.9. The van der Waals surface area contributed by atoms with Gasteiger partial charge in [0, 0.05) is 28.8 Å². The van der Waals surface area contributed by atoms with Crippen LogP contribution in [0, 0.1) is 19.7 Å². The number of hydrogen-bond acceptors (Lipinski definition) is 2. The molecule has 0 spiro atoms. The molecule has 3 nitrogen and oxygen atoms in total. The van der Waals surface area contributed by atoms with Crippen LogP contribution in [0.2, 0.25) is 5.02 Å². The van der Waals surface area contributed by atoms with Crippen molar-refractivity contribution in [1.29, 1.82) is 0 Å². The van der Waals surface area contributed by atoms with E-state index in [1.807, 2.05) is 38.1 Å². The molecule has 0 N–H and O–H groups in total. The van der Waals surface area contributed by atoms with Crippen molar-refractivity contribution < 1.29 is 8.60 Å². The van der Waals surface area contributed by atoms with Gasteiger partial charge >= 0.3 is 0 Å². The highest BCUT2D eigenvalue weighted by molar-refractivity contribution is 7.84. The molecular formula is C23H20ClFN2OS. The van der Waals surface area contributed by atoms with Gasteiger partial charge in [0.05, 0.1) is 22.1 Å². The molecule has 0 bridgehead atoms. The quantitative estimate of drug-likeness (QED) is 0.404. The van der Waals surface area contributed by atoms with Gasteiger partial charge in [-0.25, -0.2) is 9.37 Å². The van der Waals surface area contributed by atoms with Gasteiger partial charge < -0.3 is 4.57 Å². The van der Waals surface area contributed by atoms with E-state index >= 15 is 0 Å². The molecule has 0 saturated carbocycles. The van der Waals surface area contributed by atoms with E-state index in [1.54, 1.807) is 24.4 Å². The first-order valence-corrected chi connectivity index (χ1v) is 11.0. The van der Waals surface area contributed by atoms with Gasteiger partial charge in [0.15, 0.2) is 5.03 Å². The maximum atomic E-state index is 13.7. The summed E-state index contributed by atoms with van der Waals surface area (Å²) in [5.41, 5.74) is 4.80. The third-order valence-electron chi connectivity index (χ3n) is 5.17. The van der Waals surface area contributed by atoms with Gasteiger partial charge in [-0.1, -0.05) is 35.9 Å². The molecule has 29 heavy (non-hydrogen) atoms. The number of aryl methyl sites for hydroxylation is 1. The largest absolute Gasteiger partial charge is 0.338 e. The van der Waals surface area contributed by atoms with E-state index in [1.165, 1.54) is 12.1 Å². The SMILES string of the molecule is Cc1c(C)n(Cc2cccc(F)c2)c2c(S(=O)Cc3ccc(Cl)cc3)nccc12. The number of pyridine rings is 1. The minimum Gasteiger partial charge on any atom is -0.338 e. The molecule has 2 aromatic carbocycles. The topological polar surface area (TPSA) is 34.9 Å². The molecule has 0 radical (unpaired) electrons. The molecule has 1 atom stereocenters. The standard InChI is InChI=1S/C23H20ClFN2OS/c1-15-16(2)27(13-18-4-3-5-20(25)12-18)22-21(15)10-11-26-23(22)29(28)14-17-6-8-19(24)9-7-17/h3-12H,13-14H2,1-2H3. The summed E-state index contributed by atoms with van der Waals surface area (Å²) in [6.45, 7) is 4.57. The molecule has 0 saturated heterocycles. The van der Waals surface area contributed by atoms with E-state index < -0.39 is 10.8 Å². The van der Waals surface area contributed by atoms with Crippen molar-refractivity contribution in [1.82, 2.24) is 9.55 Å². The Kier molecular flexibility index (Phi) is 5.52. The van der Waals surface area contributed by atoms with E-state index in [4.69, 9.17) is 11.6 Å². The summed E-state index contributed by atoms with van der Waals surface area (Å²) < 4.78 is 29.0. The first kappa shape index (κ1) is 19.8. The molecule has 0 aliphatic carbocycles. The first-order valence-electron chi connectivity index (χ1n) is 9.25. The molecule has 6 heteroatoms. The number of benzene rings is 2. The normalized spacial score (nSPS) is 12.4. The van der Waals surface area contributed by atoms with Crippen LogP contribution in [0.15, 0.2) is 65.8 Å².